The van der Waals surface area contributed by atoms with Crippen LogP contribution in [0.4, 0.5) is 5.69 Å². The topological polar surface area (TPSA) is 28.1 Å². The van der Waals surface area contributed by atoms with Gasteiger partial charge in [0.25, 0.3) is 0 Å². The molecule has 0 aliphatic carbocycles. The number of rotatable bonds is 0. The minimum absolute atomic E-state index is 0.438. The smallest absolute Gasteiger partial charge is 0.204 e. The molecule has 0 bridgehead atoms. The second-order valence-electron chi connectivity index (χ2n) is 2.24. The van der Waals surface area contributed by atoms with Crippen LogP contribution in [-0.2, 0) is 0 Å². The molecular formula is C9H6N2. The average molecular weight is 142 g/mol. The summed E-state index contributed by atoms with van der Waals surface area (Å²) in [5.41, 5.74) is 1.90. The van der Waals surface area contributed by atoms with Crippen LogP contribution in [-0.4, -0.2) is 0 Å². The minimum Gasteiger partial charge on any atom is -0.237 e. The van der Waals surface area contributed by atoms with Gasteiger partial charge in [0, 0.05) is 0 Å². The van der Waals surface area contributed by atoms with Gasteiger partial charge in [-0.2, -0.15) is 5.26 Å². The molecule has 1 aromatic rings. The maximum absolute atomic E-state index is 8.55. The third kappa shape index (κ3) is 1.36. The Morgan fingerprint density at radius 2 is 2.27 bits per heavy atom. The van der Waals surface area contributed by atoms with Crippen LogP contribution in [0, 0.1) is 24.8 Å². The highest BCUT2D eigenvalue weighted by atomic mass is 14.6. The lowest BCUT2D eigenvalue weighted by Crippen LogP contribution is -1.75. The van der Waals surface area contributed by atoms with E-state index in [-0.39, 0.29) is 0 Å². The van der Waals surface area contributed by atoms with Crippen LogP contribution in [0.25, 0.3) is 4.85 Å². The van der Waals surface area contributed by atoms with Crippen molar-refractivity contribution in [1.29, 1.82) is 5.26 Å². The average Bonchev–Trinajstić information content (AvgIpc) is 2.04. The van der Waals surface area contributed by atoms with Crippen molar-refractivity contribution in [1.82, 2.24) is 0 Å². The highest BCUT2D eigenvalue weighted by Gasteiger charge is 1.99. The Hall–Kier alpha value is -1.80. The lowest BCUT2D eigenvalue weighted by Gasteiger charge is -1.94. The summed E-state index contributed by atoms with van der Waals surface area (Å²) in [6.07, 6.45) is 0. The van der Waals surface area contributed by atoms with E-state index >= 15 is 0 Å². The van der Waals surface area contributed by atoms with E-state index in [0.29, 0.717) is 11.3 Å². The van der Waals surface area contributed by atoms with Gasteiger partial charge in [-0.3, -0.25) is 0 Å². The van der Waals surface area contributed by atoms with Gasteiger partial charge in [-0.1, -0.05) is 23.8 Å². The summed E-state index contributed by atoms with van der Waals surface area (Å²) in [7, 11) is 0. The van der Waals surface area contributed by atoms with Gasteiger partial charge in [0.05, 0.1) is 18.2 Å². The Kier molecular flexibility index (Phi) is 1.90. The molecule has 0 saturated heterocycles. The van der Waals surface area contributed by atoms with Gasteiger partial charge in [-0.05, 0) is 6.92 Å². The lowest BCUT2D eigenvalue weighted by molar-refractivity contribution is 1.44. The quantitative estimate of drug-likeness (QED) is 0.511. The van der Waals surface area contributed by atoms with Crippen LogP contribution in [0.1, 0.15) is 11.1 Å². The fraction of sp³-hybridized carbons (Fsp3) is 0.111. The Morgan fingerprint density at radius 1 is 1.55 bits per heavy atom. The molecule has 0 atom stereocenters. The molecule has 0 fully saturated rings. The molecule has 0 amide bonds. The molecule has 52 valence electrons. The highest BCUT2D eigenvalue weighted by Crippen LogP contribution is 2.19. The van der Waals surface area contributed by atoms with Crippen molar-refractivity contribution in [2.75, 3.05) is 0 Å². The maximum Gasteiger partial charge on any atom is 0.204 e. The molecule has 0 radical (unpaired) electrons. The third-order valence-electron chi connectivity index (χ3n) is 1.39. The molecule has 0 spiro atoms. The Balaban J connectivity index is 3.34. The number of nitriles is 1. The zero-order valence-electron chi connectivity index (χ0n) is 6.13. The number of benzene rings is 1. The van der Waals surface area contributed by atoms with E-state index in [1.807, 2.05) is 19.1 Å². The van der Waals surface area contributed by atoms with Crippen molar-refractivity contribution in [2.45, 2.75) is 6.92 Å². The van der Waals surface area contributed by atoms with Gasteiger partial charge in [0.2, 0.25) is 5.69 Å². The van der Waals surface area contributed by atoms with Crippen LogP contribution >= 0.6 is 0 Å². The molecule has 0 unspecified atom stereocenters. The van der Waals surface area contributed by atoms with Gasteiger partial charge < -0.3 is 0 Å². The molecule has 11 heavy (non-hydrogen) atoms. The van der Waals surface area contributed by atoms with Crippen molar-refractivity contribution >= 4 is 5.69 Å². The van der Waals surface area contributed by atoms with Crippen molar-refractivity contribution in [3.63, 3.8) is 0 Å². The van der Waals surface area contributed by atoms with Crippen LogP contribution in [0.2, 0.25) is 0 Å². The van der Waals surface area contributed by atoms with Gasteiger partial charge in [0.1, 0.15) is 0 Å². The van der Waals surface area contributed by atoms with E-state index in [1.54, 1.807) is 12.1 Å². The van der Waals surface area contributed by atoms with E-state index in [1.165, 1.54) is 0 Å². The van der Waals surface area contributed by atoms with Crippen LogP contribution < -0.4 is 0 Å². The summed E-state index contributed by atoms with van der Waals surface area (Å²) in [5.74, 6) is 0. The zero-order valence-corrected chi connectivity index (χ0v) is 6.13. The molecule has 1 rings (SSSR count). The van der Waals surface area contributed by atoms with E-state index in [0.717, 1.165) is 5.56 Å². The lowest BCUT2D eigenvalue weighted by atomic mass is 10.1. The monoisotopic (exact) mass is 142 g/mol. The molecule has 2 heteroatoms. The largest absolute Gasteiger partial charge is 0.237 e. The molecular weight excluding hydrogens is 136 g/mol. The van der Waals surface area contributed by atoms with Gasteiger partial charge in [-0.15, -0.1) is 0 Å². The van der Waals surface area contributed by atoms with Crippen molar-refractivity contribution in [2.24, 2.45) is 0 Å². The predicted molar refractivity (Wildman–Crippen MR) is 42.2 cm³/mol. The first-order valence-electron chi connectivity index (χ1n) is 3.16. The third-order valence-corrected chi connectivity index (χ3v) is 1.39. The Labute approximate surface area is 65.5 Å². The van der Waals surface area contributed by atoms with Gasteiger partial charge >= 0.3 is 0 Å². The first-order chi connectivity index (χ1) is 5.27. The number of hydrogen-bond donors (Lipinski definition) is 0. The summed E-state index contributed by atoms with van der Waals surface area (Å²) in [5, 5.41) is 8.55. The van der Waals surface area contributed by atoms with Crippen LogP contribution in [0.3, 0.4) is 0 Å². The van der Waals surface area contributed by atoms with Gasteiger partial charge in [-0.25, -0.2) is 4.85 Å². The fourth-order valence-corrected chi connectivity index (χ4v) is 0.829. The predicted octanol–water partition coefficient (Wildman–Crippen LogP) is 2.42. The van der Waals surface area contributed by atoms with Crippen LogP contribution in [0.15, 0.2) is 18.2 Å². The normalized spacial score (nSPS) is 8.27. The second-order valence-corrected chi connectivity index (χ2v) is 2.24. The summed E-state index contributed by atoms with van der Waals surface area (Å²) >= 11 is 0. The zero-order chi connectivity index (χ0) is 8.27. The highest BCUT2D eigenvalue weighted by molar-refractivity contribution is 5.59. The molecule has 0 aliphatic rings. The Bertz CT molecular complexity index is 353. The molecule has 0 aliphatic heterocycles. The first-order valence-corrected chi connectivity index (χ1v) is 3.16. The van der Waals surface area contributed by atoms with Gasteiger partial charge in [0.15, 0.2) is 0 Å². The maximum atomic E-state index is 8.55. The summed E-state index contributed by atoms with van der Waals surface area (Å²) in [4.78, 5) is 3.23. The summed E-state index contributed by atoms with van der Waals surface area (Å²) in [6, 6.07) is 7.17. The molecule has 0 N–H and O–H groups in total. The fourth-order valence-electron chi connectivity index (χ4n) is 0.829. The van der Waals surface area contributed by atoms with E-state index in [4.69, 9.17) is 11.8 Å². The SMILES string of the molecule is [C-]#[N+]c1cc(C)ccc1C#N. The van der Waals surface area contributed by atoms with Crippen molar-refractivity contribution < 1.29 is 0 Å². The van der Waals surface area contributed by atoms with E-state index < -0.39 is 0 Å². The molecule has 0 saturated carbocycles. The first kappa shape index (κ1) is 7.31. The molecule has 2 nitrogen and oxygen atoms in total. The number of aryl methyl sites for hydroxylation is 1. The summed E-state index contributed by atoms with van der Waals surface area (Å²) in [6.45, 7) is 8.66. The van der Waals surface area contributed by atoms with Crippen LogP contribution in [0.5, 0.6) is 0 Å². The summed E-state index contributed by atoms with van der Waals surface area (Å²) < 4.78 is 0. The molecule has 0 aromatic heterocycles. The van der Waals surface area contributed by atoms with Crippen molar-refractivity contribution in [3.8, 4) is 6.07 Å². The molecule has 0 heterocycles. The molecule has 1 aromatic carbocycles. The minimum atomic E-state index is 0.438. The van der Waals surface area contributed by atoms with E-state index in [9.17, 15) is 0 Å². The standard InChI is InChI=1S/C9H6N2/c1-7-3-4-8(6-10)9(5-7)11-2/h3-5H,1H3. The van der Waals surface area contributed by atoms with Crippen molar-refractivity contribution in [3.05, 3.63) is 40.7 Å². The Morgan fingerprint density at radius 3 is 2.82 bits per heavy atom. The van der Waals surface area contributed by atoms with E-state index in [2.05, 4.69) is 4.85 Å². The number of hydrogen-bond acceptors (Lipinski definition) is 1. The number of nitrogens with zero attached hydrogens (tertiary/aromatic N) is 2. The second kappa shape index (κ2) is 2.86.